The van der Waals surface area contributed by atoms with Crippen molar-refractivity contribution in [2.24, 2.45) is 0 Å². The van der Waals surface area contributed by atoms with E-state index >= 15 is 0 Å². The first-order valence-corrected chi connectivity index (χ1v) is 8.57. The number of nitrogens with zero attached hydrogens (tertiary/aromatic N) is 1. The number of esters is 1. The summed E-state index contributed by atoms with van der Waals surface area (Å²) in [5.74, 6) is -0.987. The highest BCUT2D eigenvalue weighted by atomic mass is 19.1. The smallest absolute Gasteiger partial charge is 0.338 e. The van der Waals surface area contributed by atoms with Crippen LogP contribution >= 0.6 is 0 Å². The molecule has 0 bridgehead atoms. The van der Waals surface area contributed by atoms with E-state index in [4.69, 9.17) is 4.74 Å². The van der Waals surface area contributed by atoms with Crippen LogP contribution in [0.15, 0.2) is 48.5 Å². The molecule has 26 heavy (non-hydrogen) atoms. The third kappa shape index (κ3) is 4.02. The summed E-state index contributed by atoms with van der Waals surface area (Å²) >= 11 is 0. The van der Waals surface area contributed by atoms with Gasteiger partial charge in [0.15, 0.2) is 0 Å². The molecule has 2 aromatic carbocycles. The van der Waals surface area contributed by atoms with Gasteiger partial charge in [-0.05, 0) is 49.2 Å². The number of nitrogens with one attached hydrogen (secondary N) is 1. The Kier molecular flexibility index (Phi) is 5.51. The fourth-order valence-corrected chi connectivity index (χ4v) is 3.19. The minimum atomic E-state index is -0.521. The zero-order valence-corrected chi connectivity index (χ0v) is 14.6. The molecule has 1 N–H and O–H groups in total. The van der Waals surface area contributed by atoms with E-state index in [2.05, 4.69) is 5.32 Å². The van der Waals surface area contributed by atoms with Crippen molar-refractivity contribution in [2.75, 3.05) is 25.5 Å². The Bertz CT molecular complexity index is 792. The molecule has 0 unspecified atom stereocenters. The normalized spacial score (nSPS) is 16.8. The third-order valence-corrected chi connectivity index (χ3v) is 4.49. The molecular weight excluding hydrogens is 335 g/mol. The van der Waals surface area contributed by atoms with E-state index < -0.39 is 5.97 Å². The van der Waals surface area contributed by atoms with Gasteiger partial charge in [0.2, 0.25) is 0 Å². The number of piperidine rings is 1. The fraction of sp³-hybridized carbons (Fsp3) is 0.300. The number of hydrogen-bond donors (Lipinski definition) is 1. The Morgan fingerprint density at radius 1 is 1.12 bits per heavy atom. The molecule has 2 aromatic rings. The van der Waals surface area contributed by atoms with Crippen LogP contribution in [0.25, 0.3) is 0 Å². The highest BCUT2D eigenvalue weighted by Crippen LogP contribution is 2.20. The van der Waals surface area contributed by atoms with Crippen LogP contribution < -0.4 is 5.32 Å². The SMILES string of the molecule is COC(=O)c1ccccc1C(=O)N1CCC[C@H](Nc2ccc(F)cc2)C1. The molecular formula is C20H21FN2O3. The molecule has 6 heteroatoms. The van der Waals surface area contributed by atoms with Crippen molar-refractivity contribution in [2.45, 2.75) is 18.9 Å². The van der Waals surface area contributed by atoms with E-state index in [0.717, 1.165) is 18.5 Å². The summed E-state index contributed by atoms with van der Waals surface area (Å²) in [5, 5.41) is 3.34. The summed E-state index contributed by atoms with van der Waals surface area (Å²) in [6.45, 7) is 1.15. The molecule has 1 aliphatic heterocycles. The van der Waals surface area contributed by atoms with Gasteiger partial charge < -0.3 is 15.0 Å². The van der Waals surface area contributed by atoms with Gasteiger partial charge in [-0.25, -0.2) is 9.18 Å². The standard InChI is InChI=1S/C20H21FN2O3/c1-26-20(25)18-7-3-2-6-17(18)19(24)23-12-4-5-16(13-23)22-15-10-8-14(21)9-11-15/h2-3,6-11,16,22H,4-5,12-13H2,1H3/t16-/m0/s1. The number of carbonyl (C=O) groups is 2. The largest absolute Gasteiger partial charge is 0.465 e. The van der Waals surface area contributed by atoms with Gasteiger partial charge >= 0.3 is 5.97 Å². The van der Waals surface area contributed by atoms with Crippen molar-refractivity contribution in [1.29, 1.82) is 0 Å². The zero-order chi connectivity index (χ0) is 18.5. The Labute approximate surface area is 151 Å². The minimum absolute atomic E-state index is 0.0726. The van der Waals surface area contributed by atoms with E-state index in [1.54, 1.807) is 41.3 Å². The van der Waals surface area contributed by atoms with Crippen LogP contribution in [0.4, 0.5) is 10.1 Å². The molecule has 0 spiro atoms. The number of likely N-dealkylation sites (tertiary alicyclic amines) is 1. The minimum Gasteiger partial charge on any atom is -0.465 e. The van der Waals surface area contributed by atoms with Crippen molar-refractivity contribution in [3.8, 4) is 0 Å². The monoisotopic (exact) mass is 356 g/mol. The number of anilines is 1. The fourth-order valence-electron chi connectivity index (χ4n) is 3.19. The molecule has 136 valence electrons. The van der Waals surface area contributed by atoms with E-state index in [1.807, 2.05) is 0 Å². The number of carbonyl (C=O) groups excluding carboxylic acids is 2. The molecule has 5 nitrogen and oxygen atoms in total. The van der Waals surface area contributed by atoms with Crippen LogP contribution in [0.1, 0.15) is 33.6 Å². The summed E-state index contributed by atoms with van der Waals surface area (Å²) in [6, 6.07) is 12.9. The van der Waals surface area contributed by atoms with Crippen LogP contribution in [0.2, 0.25) is 0 Å². The van der Waals surface area contributed by atoms with E-state index in [-0.39, 0.29) is 23.3 Å². The van der Waals surface area contributed by atoms with Gasteiger partial charge in [-0.15, -0.1) is 0 Å². The second-order valence-corrected chi connectivity index (χ2v) is 6.28. The first-order valence-electron chi connectivity index (χ1n) is 8.57. The lowest BCUT2D eigenvalue weighted by Crippen LogP contribution is -2.45. The molecule has 0 radical (unpaired) electrons. The number of methoxy groups -OCH3 is 1. The van der Waals surface area contributed by atoms with Crippen molar-refractivity contribution < 1.29 is 18.7 Å². The van der Waals surface area contributed by atoms with Gasteiger partial charge in [-0.2, -0.15) is 0 Å². The average molecular weight is 356 g/mol. The molecule has 1 amide bonds. The highest BCUT2D eigenvalue weighted by Gasteiger charge is 2.27. The van der Waals surface area contributed by atoms with E-state index in [9.17, 15) is 14.0 Å². The predicted octanol–water partition coefficient (Wildman–Crippen LogP) is 3.33. The van der Waals surface area contributed by atoms with Crippen molar-refractivity contribution in [1.82, 2.24) is 4.90 Å². The van der Waals surface area contributed by atoms with Crippen molar-refractivity contribution in [3.05, 3.63) is 65.5 Å². The average Bonchev–Trinajstić information content (AvgIpc) is 2.69. The first kappa shape index (κ1) is 17.9. The van der Waals surface area contributed by atoms with Gasteiger partial charge in [0.05, 0.1) is 18.2 Å². The van der Waals surface area contributed by atoms with Gasteiger partial charge in [0, 0.05) is 24.8 Å². The van der Waals surface area contributed by atoms with Crippen LogP contribution in [0.5, 0.6) is 0 Å². The molecule has 1 heterocycles. The molecule has 1 saturated heterocycles. The lowest BCUT2D eigenvalue weighted by atomic mass is 10.0. The first-order chi connectivity index (χ1) is 12.6. The van der Waals surface area contributed by atoms with E-state index in [0.29, 0.717) is 18.7 Å². The molecule has 0 aromatic heterocycles. The molecule has 0 aliphatic carbocycles. The number of benzene rings is 2. The lowest BCUT2D eigenvalue weighted by Gasteiger charge is -2.34. The molecule has 0 saturated carbocycles. The Hall–Kier alpha value is -2.89. The van der Waals surface area contributed by atoms with E-state index in [1.165, 1.54) is 19.2 Å². The molecule has 3 rings (SSSR count). The van der Waals surface area contributed by atoms with Crippen LogP contribution in [-0.4, -0.2) is 43.0 Å². The van der Waals surface area contributed by atoms with Crippen LogP contribution in [0.3, 0.4) is 0 Å². The maximum atomic E-state index is 13.0. The quantitative estimate of drug-likeness (QED) is 0.854. The number of amides is 1. The maximum absolute atomic E-state index is 13.0. The number of halogens is 1. The van der Waals surface area contributed by atoms with Crippen LogP contribution in [0, 0.1) is 5.82 Å². The lowest BCUT2D eigenvalue weighted by molar-refractivity contribution is 0.0587. The Morgan fingerprint density at radius 2 is 1.81 bits per heavy atom. The number of hydrogen-bond acceptors (Lipinski definition) is 4. The van der Waals surface area contributed by atoms with Crippen molar-refractivity contribution >= 4 is 17.6 Å². The second kappa shape index (κ2) is 7.99. The zero-order valence-electron chi connectivity index (χ0n) is 14.6. The molecule has 1 atom stereocenters. The third-order valence-electron chi connectivity index (χ3n) is 4.49. The summed E-state index contributed by atoms with van der Waals surface area (Å²) in [6.07, 6.45) is 1.77. The Balaban J connectivity index is 1.72. The molecule has 1 aliphatic rings. The molecule has 1 fully saturated rings. The summed E-state index contributed by atoms with van der Waals surface area (Å²) < 4.78 is 17.8. The topological polar surface area (TPSA) is 58.6 Å². The maximum Gasteiger partial charge on any atom is 0.338 e. The number of ether oxygens (including phenoxy) is 1. The highest BCUT2D eigenvalue weighted by molar-refractivity contribution is 6.05. The van der Waals surface area contributed by atoms with Crippen LogP contribution in [-0.2, 0) is 4.74 Å². The van der Waals surface area contributed by atoms with Gasteiger partial charge in [0.1, 0.15) is 5.82 Å². The predicted molar refractivity (Wildman–Crippen MR) is 96.7 cm³/mol. The summed E-state index contributed by atoms with van der Waals surface area (Å²) in [7, 11) is 1.30. The summed E-state index contributed by atoms with van der Waals surface area (Å²) in [4.78, 5) is 26.6. The van der Waals surface area contributed by atoms with Gasteiger partial charge in [0.25, 0.3) is 5.91 Å². The second-order valence-electron chi connectivity index (χ2n) is 6.28. The van der Waals surface area contributed by atoms with Crippen molar-refractivity contribution in [3.63, 3.8) is 0 Å². The number of rotatable bonds is 4. The summed E-state index contributed by atoms with van der Waals surface area (Å²) in [5.41, 5.74) is 1.44. The van der Waals surface area contributed by atoms with Gasteiger partial charge in [-0.1, -0.05) is 12.1 Å². The Morgan fingerprint density at radius 3 is 2.50 bits per heavy atom. The van der Waals surface area contributed by atoms with Gasteiger partial charge in [-0.3, -0.25) is 4.79 Å².